The molecule has 0 amide bonds. The summed E-state index contributed by atoms with van der Waals surface area (Å²) in [6.07, 6.45) is 0. The smallest absolute Gasteiger partial charge is 0.186 e. The van der Waals surface area contributed by atoms with Crippen molar-refractivity contribution >= 4 is 15.5 Å². The van der Waals surface area contributed by atoms with Crippen molar-refractivity contribution in [2.75, 3.05) is 11.9 Å². The summed E-state index contributed by atoms with van der Waals surface area (Å²) in [6, 6.07) is 6.79. The minimum atomic E-state index is -3.27. The van der Waals surface area contributed by atoms with E-state index in [4.69, 9.17) is 5.73 Å². The molecule has 0 spiro atoms. The molecule has 15 heavy (non-hydrogen) atoms. The third-order valence-electron chi connectivity index (χ3n) is 2.77. The number of hydrogen-bond acceptors (Lipinski definition) is 4. The monoisotopic (exact) mass is 226 g/mol. The summed E-state index contributed by atoms with van der Waals surface area (Å²) in [4.78, 5) is 0.360. The van der Waals surface area contributed by atoms with E-state index in [9.17, 15) is 8.42 Å². The summed E-state index contributed by atoms with van der Waals surface area (Å²) < 4.78 is 24.3. The van der Waals surface area contributed by atoms with Crippen LogP contribution in [0.25, 0.3) is 0 Å². The van der Waals surface area contributed by atoms with Crippen LogP contribution >= 0.6 is 0 Å². The van der Waals surface area contributed by atoms with Crippen molar-refractivity contribution < 1.29 is 8.42 Å². The van der Waals surface area contributed by atoms with E-state index in [0.717, 1.165) is 0 Å². The number of nitrogens with one attached hydrogen (secondary N) is 1. The zero-order chi connectivity index (χ0) is 11.1. The van der Waals surface area contributed by atoms with Gasteiger partial charge >= 0.3 is 0 Å². The molecule has 3 N–H and O–H groups in total. The molecule has 0 saturated carbocycles. The van der Waals surface area contributed by atoms with E-state index >= 15 is 0 Å². The van der Waals surface area contributed by atoms with Crippen molar-refractivity contribution in [1.82, 2.24) is 0 Å². The molecule has 1 aliphatic rings. The van der Waals surface area contributed by atoms with Crippen molar-refractivity contribution in [1.29, 1.82) is 0 Å². The molecule has 2 unspecified atom stereocenters. The van der Waals surface area contributed by atoms with E-state index in [-0.39, 0.29) is 12.6 Å². The summed E-state index contributed by atoms with van der Waals surface area (Å²) in [7, 11) is -3.27. The number of nitrogens with two attached hydrogens (primary N) is 1. The fourth-order valence-corrected chi connectivity index (χ4v) is 3.82. The van der Waals surface area contributed by atoms with Crippen LogP contribution in [-0.4, -0.2) is 26.3 Å². The van der Waals surface area contributed by atoms with Gasteiger partial charge < -0.3 is 11.1 Å². The van der Waals surface area contributed by atoms with E-state index < -0.39 is 15.1 Å². The lowest BCUT2D eigenvalue weighted by Gasteiger charge is -2.31. The molecule has 2 rings (SSSR count). The summed E-state index contributed by atoms with van der Waals surface area (Å²) >= 11 is 0. The first-order chi connectivity index (χ1) is 7.07. The molecule has 5 heteroatoms. The minimum Gasteiger partial charge on any atom is -0.380 e. The highest BCUT2D eigenvalue weighted by molar-refractivity contribution is 7.92. The van der Waals surface area contributed by atoms with Crippen LogP contribution in [0, 0.1) is 0 Å². The SMILES string of the molecule is CC1Nc2ccccc2S(=O)(=O)C1CN. The van der Waals surface area contributed by atoms with Gasteiger partial charge in [0.15, 0.2) is 9.84 Å². The van der Waals surface area contributed by atoms with Crippen LogP contribution in [0.4, 0.5) is 5.69 Å². The van der Waals surface area contributed by atoms with E-state index in [0.29, 0.717) is 10.6 Å². The highest BCUT2D eigenvalue weighted by Crippen LogP contribution is 2.31. The van der Waals surface area contributed by atoms with E-state index in [1.54, 1.807) is 18.2 Å². The zero-order valence-electron chi connectivity index (χ0n) is 8.47. The minimum absolute atomic E-state index is 0.144. The van der Waals surface area contributed by atoms with Gasteiger partial charge in [-0.3, -0.25) is 0 Å². The summed E-state index contributed by atoms with van der Waals surface area (Å²) in [6.45, 7) is 1.98. The maximum atomic E-state index is 12.1. The predicted molar refractivity (Wildman–Crippen MR) is 59.6 cm³/mol. The summed E-state index contributed by atoms with van der Waals surface area (Å²) in [5.74, 6) is 0. The van der Waals surface area contributed by atoms with Crippen LogP contribution in [0.3, 0.4) is 0 Å². The standard InChI is InChI=1S/C10H14N2O2S/c1-7-10(6-11)15(13,14)9-5-3-2-4-8(9)12-7/h2-5,7,10,12H,6,11H2,1H3. The first-order valence-electron chi connectivity index (χ1n) is 4.87. The normalized spacial score (nSPS) is 27.9. The number of rotatable bonds is 1. The van der Waals surface area contributed by atoms with Gasteiger partial charge in [0, 0.05) is 12.6 Å². The highest BCUT2D eigenvalue weighted by atomic mass is 32.2. The lowest BCUT2D eigenvalue weighted by molar-refractivity contribution is 0.560. The Morgan fingerprint density at radius 2 is 2.07 bits per heavy atom. The summed E-state index contributed by atoms with van der Waals surface area (Å²) in [5, 5.41) is 2.62. The van der Waals surface area contributed by atoms with Gasteiger partial charge in [0.1, 0.15) is 0 Å². The van der Waals surface area contributed by atoms with Crippen molar-refractivity contribution in [3.05, 3.63) is 24.3 Å². The van der Waals surface area contributed by atoms with Gasteiger partial charge in [0.25, 0.3) is 0 Å². The fraction of sp³-hybridized carbons (Fsp3) is 0.400. The van der Waals surface area contributed by atoms with Crippen LogP contribution < -0.4 is 11.1 Å². The molecular weight excluding hydrogens is 212 g/mol. The second kappa shape index (κ2) is 3.50. The highest BCUT2D eigenvalue weighted by Gasteiger charge is 2.37. The zero-order valence-corrected chi connectivity index (χ0v) is 9.29. The van der Waals surface area contributed by atoms with Gasteiger partial charge in [0.05, 0.1) is 15.8 Å². The fourth-order valence-electron chi connectivity index (χ4n) is 1.93. The van der Waals surface area contributed by atoms with Gasteiger partial charge in [-0.15, -0.1) is 0 Å². The molecule has 1 heterocycles. The van der Waals surface area contributed by atoms with E-state index in [2.05, 4.69) is 5.32 Å². The number of fused-ring (bicyclic) bond motifs is 1. The third-order valence-corrected chi connectivity index (χ3v) is 5.13. The number of sulfone groups is 1. The Morgan fingerprint density at radius 1 is 1.40 bits per heavy atom. The second-order valence-electron chi connectivity index (χ2n) is 3.75. The van der Waals surface area contributed by atoms with Crippen molar-refractivity contribution in [3.8, 4) is 0 Å². The largest absolute Gasteiger partial charge is 0.380 e. The maximum absolute atomic E-state index is 12.1. The Morgan fingerprint density at radius 3 is 2.73 bits per heavy atom. The molecular formula is C10H14N2O2S. The molecule has 2 atom stereocenters. The van der Waals surface area contributed by atoms with Crippen molar-refractivity contribution in [2.24, 2.45) is 5.73 Å². The van der Waals surface area contributed by atoms with Gasteiger partial charge in [-0.2, -0.15) is 0 Å². The lowest BCUT2D eigenvalue weighted by atomic mass is 10.2. The molecule has 0 aromatic heterocycles. The van der Waals surface area contributed by atoms with Crippen LogP contribution in [-0.2, 0) is 9.84 Å². The molecule has 1 aromatic rings. The molecule has 0 fully saturated rings. The molecule has 0 aliphatic carbocycles. The lowest BCUT2D eigenvalue weighted by Crippen LogP contribution is -2.46. The topological polar surface area (TPSA) is 72.2 Å². The van der Waals surface area contributed by atoms with Crippen LogP contribution in [0.5, 0.6) is 0 Å². The average Bonchev–Trinajstić information content (AvgIpc) is 2.17. The van der Waals surface area contributed by atoms with Gasteiger partial charge in [-0.1, -0.05) is 12.1 Å². The van der Waals surface area contributed by atoms with Crippen LogP contribution in [0.1, 0.15) is 6.92 Å². The molecule has 1 aliphatic heterocycles. The molecule has 82 valence electrons. The first-order valence-corrected chi connectivity index (χ1v) is 6.41. The molecule has 0 radical (unpaired) electrons. The van der Waals surface area contributed by atoms with Crippen LogP contribution in [0.2, 0.25) is 0 Å². The average molecular weight is 226 g/mol. The molecule has 1 aromatic carbocycles. The Balaban J connectivity index is 2.61. The summed E-state index contributed by atoms with van der Waals surface area (Å²) in [5.41, 5.74) is 6.18. The van der Waals surface area contributed by atoms with Crippen molar-refractivity contribution in [2.45, 2.75) is 23.1 Å². The van der Waals surface area contributed by atoms with Gasteiger partial charge in [0.2, 0.25) is 0 Å². The molecule has 4 nitrogen and oxygen atoms in total. The van der Waals surface area contributed by atoms with Gasteiger partial charge in [-0.25, -0.2) is 8.42 Å². The second-order valence-corrected chi connectivity index (χ2v) is 5.88. The Bertz CT molecular complexity index is 470. The van der Waals surface area contributed by atoms with Crippen molar-refractivity contribution in [3.63, 3.8) is 0 Å². The Labute approximate surface area is 89.4 Å². The molecule has 0 saturated heterocycles. The van der Waals surface area contributed by atoms with E-state index in [1.807, 2.05) is 13.0 Å². The van der Waals surface area contributed by atoms with Gasteiger partial charge in [-0.05, 0) is 19.1 Å². The molecule has 0 bridgehead atoms. The number of hydrogen-bond donors (Lipinski definition) is 2. The number of anilines is 1. The first kappa shape index (κ1) is 10.4. The van der Waals surface area contributed by atoms with E-state index in [1.165, 1.54) is 0 Å². The predicted octanol–water partition coefficient (Wildman–Crippen LogP) is 0.602. The van der Waals surface area contributed by atoms with Crippen LogP contribution in [0.15, 0.2) is 29.2 Å². The quantitative estimate of drug-likeness (QED) is 0.735. The Kier molecular flexibility index (Phi) is 2.44. The Hall–Kier alpha value is -1.07. The maximum Gasteiger partial charge on any atom is 0.186 e. The number of benzene rings is 1. The third kappa shape index (κ3) is 1.52. The number of para-hydroxylation sites is 1.